The average molecular weight is 335 g/mol. The monoisotopic (exact) mass is 334 g/mol. The summed E-state index contributed by atoms with van der Waals surface area (Å²) in [5.74, 6) is -0.219. The molecule has 2 aromatic rings. The van der Waals surface area contributed by atoms with Gasteiger partial charge < -0.3 is 5.32 Å². The van der Waals surface area contributed by atoms with Crippen molar-refractivity contribution in [2.45, 2.75) is 29.6 Å². The van der Waals surface area contributed by atoms with Crippen molar-refractivity contribution < 1.29 is 4.79 Å². The van der Waals surface area contributed by atoms with E-state index in [9.17, 15) is 4.79 Å². The molecule has 1 saturated carbocycles. The smallest absolute Gasteiger partial charge is 0.270 e. The number of hydrogen-bond donors (Lipinski definition) is 1. The third-order valence-electron chi connectivity index (χ3n) is 4.00. The van der Waals surface area contributed by atoms with Crippen LogP contribution in [0, 0.1) is 0 Å². The van der Waals surface area contributed by atoms with Gasteiger partial charge in [-0.2, -0.15) is 0 Å². The predicted molar refractivity (Wildman–Crippen MR) is 90.7 cm³/mol. The van der Waals surface area contributed by atoms with Gasteiger partial charge >= 0.3 is 0 Å². The summed E-state index contributed by atoms with van der Waals surface area (Å²) in [6.07, 6.45) is 2.84. The molecule has 0 bridgehead atoms. The molecule has 3 rings (SSSR count). The van der Waals surface area contributed by atoms with Crippen LogP contribution in [-0.4, -0.2) is 27.7 Å². The van der Waals surface area contributed by atoms with Gasteiger partial charge in [0.1, 0.15) is 5.69 Å². The van der Waals surface area contributed by atoms with Crippen LogP contribution in [0.5, 0.6) is 0 Å². The summed E-state index contributed by atoms with van der Waals surface area (Å²) in [6, 6.07) is 9.38. The lowest BCUT2D eigenvalue weighted by Crippen LogP contribution is -2.46. The Balaban J connectivity index is 1.83. The number of carbonyl (C=O) groups excluding carboxylic acids is 1. The maximum atomic E-state index is 12.6. The second-order valence-corrected chi connectivity index (χ2v) is 6.63. The minimum Gasteiger partial charge on any atom is -0.346 e. The zero-order chi connectivity index (χ0) is 15.7. The molecule has 1 fully saturated rings. The molecule has 3 atom stereocenters. The quantitative estimate of drug-likeness (QED) is 0.668. The number of allylic oxidation sites excluding steroid dienone is 1. The van der Waals surface area contributed by atoms with Gasteiger partial charge in [0.25, 0.3) is 5.91 Å². The fourth-order valence-corrected chi connectivity index (χ4v) is 3.39. The summed E-state index contributed by atoms with van der Waals surface area (Å²) < 4.78 is 0. The van der Waals surface area contributed by atoms with Crippen LogP contribution in [-0.2, 0) is 0 Å². The van der Waals surface area contributed by atoms with Gasteiger partial charge in [-0.05, 0) is 24.3 Å². The third kappa shape index (κ3) is 2.96. The molecule has 114 valence electrons. The number of nitrogens with zero attached hydrogens (tertiary/aromatic N) is 1. The highest BCUT2D eigenvalue weighted by atomic mass is 35.5. The molecule has 1 aromatic heterocycles. The Kier molecular flexibility index (Phi) is 4.37. The topological polar surface area (TPSA) is 42.0 Å². The van der Waals surface area contributed by atoms with Crippen LogP contribution in [0.25, 0.3) is 10.8 Å². The second-order valence-electron chi connectivity index (χ2n) is 5.54. The van der Waals surface area contributed by atoms with Gasteiger partial charge in [-0.25, -0.2) is 0 Å². The molecular weight excluding hydrogens is 319 g/mol. The number of rotatable bonds is 2. The first kappa shape index (κ1) is 15.3. The summed E-state index contributed by atoms with van der Waals surface area (Å²) in [6.45, 7) is 3.92. The van der Waals surface area contributed by atoms with Crippen LogP contribution in [0.15, 0.2) is 48.7 Å². The molecule has 1 heterocycles. The van der Waals surface area contributed by atoms with Crippen molar-refractivity contribution in [3.05, 3.63) is 54.4 Å². The Hall–Kier alpha value is -1.58. The molecule has 0 saturated heterocycles. The first-order chi connectivity index (χ1) is 10.6. The van der Waals surface area contributed by atoms with Crippen molar-refractivity contribution in [3.63, 3.8) is 0 Å². The fourth-order valence-electron chi connectivity index (χ4n) is 2.74. The van der Waals surface area contributed by atoms with Gasteiger partial charge in [-0.3, -0.25) is 9.78 Å². The molecule has 22 heavy (non-hydrogen) atoms. The van der Waals surface area contributed by atoms with Gasteiger partial charge in [0.05, 0.1) is 10.8 Å². The van der Waals surface area contributed by atoms with Crippen LogP contribution in [0.2, 0.25) is 0 Å². The zero-order valence-electron chi connectivity index (χ0n) is 11.9. The molecular formula is C17H16Cl2N2O. The van der Waals surface area contributed by atoms with E-state index in [1.807, 2.05) is 30.3 Å². The predicted octanol–water partition coefficient (Wildman–Crippen LogP) is 3.90. The number of halogens is 2. The number of benzene rings is 1. The molecule has 0 aliphatic heterocycles. The molecule has 5 heteroatoms. The van der Waals surface area contributed by atoms with E-state index >= 15 is 0 Å². The van der Waals surface area contributed by atoms with Gasteiger partial charge in [-0.15, -0.1) is 23.2 Å². The van der Waals surface area contributed by atoms with E-state index < -0.39 is 0 Å². The molecule has 3 unspecified atom stereocenters. The van der Waals surface area contributed by atoms with Crippen molar-refractivity contribution in [2.75, 3.05) is 0 Å². The van der Waals surface area contributed by atoms with Crippen LogP contribution >= 0.6 is 23.2 Å². The maximum absolute atomic E-state index is 12.6. The van der Waals surface area contributed by atoms with Crippen LogP contribution in [0.3, 0.4) is 0 Å². The molecule has 0 spiro atoms. The van der Waals surface area contributed by atoms with E-state index in [0.29, 0.717) is 18.5 Å². The molecule has 1 N–H and O–H groups in total. The lowest BCUT2D eigenvalue weighted by atomic mass is 9.90. The second kappa shape index (κ2) is 6.27. The normalized spacial score (nSPS) is 25.2. The molecule has 1 aliphatic carbocycles. The zero-order valence-corrected chi connectivity index (χ0v) is 13.4. The average Bonchev–Trinajstić information content (AvgIpc) is 2.52. The van der Waals surface area contributed by atoms with Gasteiger partial charge in [0.2, 0.25) is 0 Å². The van der Waals surface area contributed by atoms with Crippen molar-refractivity contribution in [3.8, 4) is 0 Å². The number of fused-ring (bicyclic) bond motifs is 1. The molecule has 3 nitrogen and oxygen atoms in total. The number of nitrogens with one attached hydrogen (secondary N) is 1. The fraction of sp³-hybridized carbons (Fsp3) is 0.294. The van der Waals surface area contributed by atoms with E-state index in [0.717, 1.165) is 16.3 Å². The van der Waals surface area contributed by atoms with Gasteiger partial charge in [0, 0.05) is 17.6 Å². The van der Waals surface area contributed by atoms with E-state index in [2.05, 4.69) is 16.9 Å². The Labute approximate surface area is 139 Å². The first-order valence-electron chi connectivity index (χ1n) is 7.16. The van der Waals surface area contributed by atoms with Crippen molar-refractivity contribution >= 4 is 39.9 Å². The highest BCUT2D eigenvalue weighted by Gasteiger charge is 2.32. The Bertz CT molecular complexity index is 726. The molecule has 1 aliphatic rings. The summed E-state index contributed by atoms with van der Waals surface area (Å²) in [5.41, 5.74) is 1.34. The third-order valence-corrected chi connectivity index (χ3v) is 4.95. The van der Waals surface area contributed by atoms with Gasteiger partial charge in [-0.1, -0.05) is 36.4 Å². The summed E-state index contributed by atoms with van der Waals surface area (Å²) in [4.78, 5) is 16.8. The molecule has 1 amide bonds. The van der Waals surface area contributed by atoms with Crippen LogP contribution < -0.4 is 5.32 Å². The minimum atomic E-state index is -0.219. The Morgan fingerprint density at radius 3 is 2.86 bits per heavy atom. The molecule has 1 aromatic carbocycles. The largest absolute Gasteiger partial charge is 0.346 e. The number of pyridine rings is 1. The van der Waals surface area contributed by atoms with Crippen LogP contribution in [0.1, 0.15) is 23.3 Å². The SMILES string of the molecule is C=C1CC(Cl)C(NC(=O)c2nccc3ccccc23)CC1Cl. The minimum absolute atomic E-state index is 0.152. The van der Waals surface area contributed by atoms with Gasteiger partial charge in [0.15, 0.2) is 0 Å². The number of carbonyl (C=O) groups is 1. The van der Waals surface area contributed by atoms with Crippen molar-refractivity contribution in [2.24, 2.45) is 0 Å². The van der Waals surface area contributed by atoms with Crippen molar-refractivity contribution in [1.29, 1.82) is 0 Å². The van der Waals surface area contributed by atoms with Crippen LogP contribution in [0.4, 0.5) is 0 Å². The van der Waals surface area contributed by atoms with E-state index in [4.69, 9.17) is 23.2 Å². The first-order valence-corrected chi connectivity index (χ1v) is 8.04. The number of aromatic nitrogens is 1. The lowest BCUT2D eigenvalue weighted by molar-refractivity contribution is 0.0928. The van der Waals surface area contributed by atoms with E-state index in [1.165, 1.54) is 0 Å². The van der Waals surface area contributed by atoms with E-state index in [1.54, 1.807) is 6.20 Å². The Morgan fingerprint density at radius 1 is 1.27 bits per heavy atom. The summed E-state index contributed by atoms with van der Waals surface area (Å²) in [5, 5.41) is 4.44. The molecule has 0 radical (unpaired) electrons. The highest BCUT2D eigenvalue weighted by Crippen LogP contribution is 2.30. The highest BCUT2D eigenvalue weighted by molar-refractivity contribution is 6.24. The van der Waals surface area contributed by atoms with E-state index in [-0.39, 0.29) is 22.7 Å². The Morgan fingerprint density at radius 2 is 2.05 bits per heavy atom. The maximum Gasteiger partial charge on any atom is 0.270 e. The summed E-state index contributed by atoms with van der Waals surface area (Å²) >= 11 is 12.6. The van der Waals surface area contributed by atoms with Crippen molar-refractivity contribution in [1.82, 2.24) is 10.3 Å². The number of hydrogen-bond acceptors (Lipinski definition) is 2. The number of amides is 1. The standard InChI is InChI=1S/C17H16Cl2N2O/c1-10-8-14(19)15(9-13(10)18)21-17(22)16-12-5-3-2-4-11(12)6-7-20-16/h2-7,13-15H,1,8-9H2,(H,21,22). The summed E-state index contributed by atoms with van der Waals surface area (Å²) in [7, 11) is 0. The lowest BCUT2D eigenvalue weighted by Gasteiger charge is -2.32. The number of alkyl halides is 2.